The molecule has 2 N–H and O–H groups in total. The number of carbonyl (C=O) groups excluding carboxylic acids is 2. The fraction of sp³-hybridized carbons (Fsp3) is 0.273. The zero-order valence-corrected chi connectivity index (χ0v) is 19.4. The van der Waals surface area contributed by atoms with Crippen LogP contribution in [-0.2, 0) is 23.1 Å². The van der Waals surface area contributed by atoms with Crippen LogP contribution in [-0.4, -0.2) is 32.3 Å². The Balaban J connectivity index is 1.56. The molecule has 0 fully saturated rings. The van der Waals surface area contributed by atoms with Gasteiger partial charge in [0.2, 0.25) is 11.8 Å². The highest BCUT2D eigenvalue weighted by Gasteiger charge is 2.15. The molecule has 0 aliphatic heterocycles. The van der Waals surface area contributed by atoms with Crippen LogP contribution in [0.3, 0.4) is 0 Å². The third-order valence-corrected chi connectivity index (χ3v) is 5.96. The molecule has 3 rings (SSSR count). The maximum Gasteiger partial charge on any atom is 0.234 e. The first-order chi connectivity index (χ1) is 14.7. The molecule has 0 aliphatic carbocycles. The third-order valence-electron chi connectivity index (χ3n) is 4.71. The summed E-state index contributed by atoms with van der Waals surface area (Å²) in [7, 11) is 1.78. The number of anilines is 2. The molecule has 0 aliphatic rings. The molecular formula is C22H24ClN5O2S. The summed E-state index contributed by atoms with van der Waals surface area (Å²) < 4.78 is 1.73. The Labute approximate surface area is 190 Å². The SMILES string of the molecule is Cc1ccc(NC(=O)Cc2nnc(SCC(=O)Nc3cc(Cl)ccc3C)n2C)c(C)c1. The van der Waals surface area contributed by atoms with E-state index in [2.05, 4.69) is 20.8 Å². The van der Waals surface area contributed by atoms with Crippen LogP contribution in [0.25, 0.3) is 0 Å². The molecule has 2 amide bonds. The first-order valence-electron chi connectivity index (χ1n) is 9.67. The number of benzene rings is 2. The van der Waals surface area contributed by atoms with E-state index >= 15 is 0 Å². The van der Waals surface area contributed by atoms with E-state index in [1.54, 1.807) is 23.7 Å². The Hall–Kier alpha value is -2.84. The van der Waals surface area contributed by atoms with Gasteiger partial charge in [0.25, 0.3) is 0 Å². The maximum atomic E-state index is 12.4. The number of nitrogens with one attached hydrogen (secondary N) is 2. The fourth-order valence-electron chi connectivity index (χ4n) is 2.96. The third kappa shape index (κ3) is 6.08. The van der Waals surface area contributed by atoms with Gasteiger partial charge in [0.15, 0.2) is 5.16 Å². The summed E-state index contributed by atoms with van der Waals surface area (Å²) in [5.74, 6) is 0.337. The molecule has 9 heteroatoms. The summed E-state index contributed by atoms with van der Waals surface area (Å²) in [6.07, 6.45) is 0.0886. The van der Waals surface area contributed by atoms with Crippen molar-refractivity contribution in [2.75, 3.05) is 16.4 Å². The highest BCUT2D eigenvalue weighted by atomic mass is 35.5. The van der Waals surface area contributed by atoms with Crippen molar-refractivity contribution >= 4 is 46.6 Å². The minimum Gasteiger partial charge on any atom is -0.325 e. The van der Waals surface area contributed by atoms with Crippen LogP contribution in [0, 0.1) is 20.8 Å². The molecule has 0 bridgehead atoms. The monoisotopic (exact) mass is 457 g/mol. The van der Waals surface area contributed by atoms with E-state index in [0.717, 1.165) is 22.4 Å². The van der Waals surface area contributed by atoms with Crippen molar-refractivity contribution in [1.82, 2.24) is 14.8 Å². The molecule has 0 spiro atoms. The van der Waals surface area contributed by atoms with E-state index in [1.807, 2.05) is 45.0 Å². The maximum absolute atomic E-state index is 12.4. The van der Waals surface area contributed by atoms with Crippen LogP contribution in [0.1, 0.15) is 22.5 Å². The highest BCUT2D eigenvalue weighted by molar-refractivity contribution is 7.99. The fourth-order valence-corrected chi connectivity index (χ4v) is 3.86. The standard InChI is InChI=1S/C22H24ClN5O2S/c1-13-5-8-17(15(3)9-13)24-20(29)11-19-26-27-22(28(19)4)31-12-21(30)25-18-10-16(23)7-6-14(18)2/h5-10H,11-12H2,1-4H3,(H,24,29)(H,25,30). The molecule has 7 nitrogen and oxygen atoms in total. The lowest BCUT2D eigenvalue weighted by molar-refractivity contribution is -0.116. The molecule has 0 unspecified atom stereocenters. The van der Waals surface area contributed by atoms with E-state index < -0.39 is 0 Å². The molecule has 31 heavy (non-hydrogen) atoms. The van der Waals surface area contributed by atoms with Crippen molar-refractivity contribution in [3.8, 4) is 0 Å². The number of nitrogens with zero attached hydrogens (tertiary/aromatic N) is 3. The minimum atomic E-state index is -0.174. The van der Waals surface area contributed by atoms with Crippen molar-refractivity contribution in [3.05, 3.63) is 63.9 Å². The lowest BCUT2D eigenvalue weighted by atomic mass is 10.1. The van der Waals surface area contributed by atoms with Crippen LogP contribution in [0.5, 0.6) is 0 Å². The minimum absolute atomic E-state index is 0.0886. The van der Waals surface area contributed by atoms with E-state index in [-0.39, 0.29) is 24.0 Å². The Morgan fingerprint density at radius 3 is 2.45 bits per heavy atom. The normalized spacial score (nSPS) is 10.7. The van der Waals surface area contributed by atoms with Crippen molar-refractivity contribution in [3.63, 3.8) is 0 Å². The molecular weight excluding hydrogens is 434 g/mol. The molecule has 1 aromatic heterocycles. The quantitative estimate of drug-likeness (QED) is 0.516. The average Bonchev–Trinajstić information content (AvgIpc) is 3.05. The highest BCUT2D eigenvalue weighted by Crippen LogP contribution is 2.22. The number of hydrogen-bond donors (Lipinski definition) is 2. The first kappa shape index (κ1) is 22.8. The summed E-state index contributed by atoms with van der Waals surface area (Å²) >= 11 is 7.25. The van der Waals surface area contributed by atoms with Gasteiger partial charge >= 0.3 is 0 Å². The molecule has 3 aromatic rings. The number of rotatable bonds is 7. The summed E-state index contributed by atoms with van der Waals surface area (Å²) in [4.78, 5) is 24.7. The molecule has 0 atom stereocenters. The Kier molecular flexibility index (Phi) is 7.35. The first-order valence-corrected chi connectivity index (χ1v) is 11.0. The van der Waals surface area contributed by atoms with Crippen molar-refractivity contribution < 1.29 is 9.59 Å². The number of thioether (sulfide) groups is 1. The molecule has 162 valence electrons. The summed E-state index contributed by atoms with van der Waals surface area (Å²) in [6.45, 7) is 5.86. The lowest BCUT2D eigenvalue weighted by Crippen LogP contribution is -2.18. The Bertz CT molecular complexity index is 1130. The Morgan fingerprint density at radius 1 is 0.968 bits per heavy atom. The number of carbonyl (C=O) groups is 2. The van der Waals surface area contributed by atoms with Crippen LogP contribution in [0.4, 0.5) is 11.4 Å². The molecule has 0 saturated heterocycles. The second-order valence-corrected chi connectivity index (χ2v) is 8.68. The van der Waals surface area contributed by atoms with Crippen LogP contribution < -0.4 is 10.6 Å². The van der Waals surface area contributed by atoms with Gasteiger partial charge in [-0.3, -0.25) is 9.59 Å². The largest absolute Gasteiger partial charge is 0.325 e. The molecule has 0 radical (unpaired) electrons. The second-order valence-electron chi connectivity index (χ2n) is 7.30. The van der Waals surface area contributed by atoms with Crippen LogP contribution >= 0.6 is 23.4 Å². The number of hydrogen-bond acceptors (Lipinski definition) is 5. The van der Waals surface area contributed by atoms with Gasteiger partial charge in [0.1, 0.15) is 5.82 Å². The predicted molar refractivity (Wildman–Crippen MR) is 125 cm³/mol. The van der Waals surface area contributed by atoms with Gasteiger partial charge in [-0.25, -0.2) is 0 Å². The van der Waals surface area contributed by atoms with Crippen molar-refractivity contribution in [2.24, 2.45) is 7.05 Å². The average molecular weight is 458 g/mol. The van der Waals surface area contributed by atoms with E-state index in [4.69, 9.17) is 11.6 Å². The zero-order chi connectivity index (χ0) is 22.5. The van der Waals surface area contributed by atoms with Gasteiger partial charge in [0, 0.05) is 23.4 Å². The van der Waals surface area contributed by atoms with E-state index in [0.29, 0.717) is 21.7 Å². The van der Waals surface area contributed by atoms with Gasteiger partial charge in [-0.1, -0.05) is 47.1 Å². The molecule has 2 aromatic carbocycles. The van der Waals surface area contributed by atoms with Gasteiger partial charge in [-0.2, -0.15) is 0 Å². The van der Waals surface area contributed by atoms with Gasteiger partial charge in [-0.15, -0.1) is 10.2 Å². The molecule has 1 heterocycles. The Morgan fingerprint density at radius 2 is 1.71 bits per heavy atom. The second kappa shape index (κ2) is 9.98. The van der Waals surface area contributed by atoms with E-state index in [1.165, 1.54) is 11.8 Å². The van der Waals surface area contributed by atoms with Gasteiger partial charge < -0.3 is 15.2 Å². The molecule has 0 saturated carbocycles. The lowest BCUT2D eigenvalue weighted by Gasteiger charge is -2.09. The van der Waals surface area contributed by atoms with Crippen LogP contribution in [0.15, 0.2) is 41.6 Å². The number of amides is 2. The summed E-state index contributed by atoms with van der Waals surface area (Å²) in [5.41, 5.74) is 4.53. The van der Waals surface area contributed by atoms with Gasteiger partial charge in [-0.05, 0) is 50.1 Å². The topological polar surface area (TPSA) is 88.9 Å². The smallest absolute Gasteiger partial charge is 0.234 e. The summed E-state index contributed by atoms with van der Waals surface area (Å²) in [6, 6.07) is 11.2. The van der Waals surface area contributed by atoms with Crippen LogP contribution in [0.2, 0.25) is 5.02 Å². The van der Waals surface area contributed by atoms with Crippen molar-refractivity contribution in [2.45, 2.75) is 32.3 Å². The number of aromatic nitrogens is 3. The zero-order valence-electron chi connectivity index (χ0n) is 17.8. The van der Waals surface area contributed by atoms with E-state index in [9.17, 15) is 9.59 Å². The predicted octanol–water partition coefficient (Wildman–Crippen LogP) is 4.31. The van der Waals surface area contributed by atoms with Gasteiger partial charge in [0.05, 0.1) is 12.2 Å². The number of aryl methyl sites for hydroxylation is 3. The summed E-state index contributed by atoms with van der Waals surface area (Å²) in [5, 5.41) is 15.1. The van der Waals surface area contributed by atoms with Crippen molar-refractivity contribution in [1.29, 1.82) is 0 Å². The number of halogens is 1.